The molecule has 0 heterocycles. The van der Waals surface area contributed by atoms with Crippen LogP contribution in [-0.4, -0.2) is 19.8 Å². The van der Waals surface area contributed by atoms with Gasteiger partial charge >= 0.3 is 0 Å². The highest BCUT2D eigenvalue weighted by Crippen LogP contribution is 2.40. The van der Waals surface area contributed by atoms with Crippen molar-refractivity contribution in [2.75, 3.05) is 6.26 Å². The van der Waals surface area contributed by atoms with E-state index in [4.69, 9.17) is 5.26 Å². The average Bonchev–Trinajstić information content (AvgIpc) is 2.32. The molecule has 0 saturated carbocycles. The number of allylic oxidation sites excluding steroid dienone is 1. The van der Waals surface area contributed by atoms with Gasteiger partial charge in [0.2, 0.25) is 0 Å². The van der Waals surface area contributed by atoms with Gasteiger partial charge in [-0.25, -0.2) is 8.42 Å². The Kier molecular flexibility index (Phi) is 5.03. The monoisotopic (exact) mass is 335 g/mol. The smallest absolute Gasteiger partial charge is 0.185 e. The molecule has 0 radical (unpaired) electrons. The van der Waals surface area contributed by atoms with Gasteiger partial charge in [-0.1, -0.05) is 41.5 Å². The lowest BCUT2D eigenvalue weighted by molar-refractivity contribution is 0.423. The van der Waals surface area contributed by atoms with Gasteiger partial charge in [0.15, 0.2) is 9.84 Å². The van der Waals surface area contributed by atoms with Crippen molar-refractivity contribution in [1.29, 1.82) is 5.26 Å². The van der Waals surface area contributed by atoms with E-state index in [-0.39, 0.29) is 21.5 Å². The lowest BCUT2D eigenvalue weighted by Gasteiger charge is -2.27. The molecule has 126 valence electrons. The Labute approximate surface area is 139 Å². The molecule has 1 rings (SSSR count). The molecule has 0 bridgehead atoms. The first-order valence-electron chi connectivity index (χ1n) is 7.37. The highest BCUT2D eigenvalue weighted by molar-refractivity contribution is 7.95. The fourth-order valence-corrected chi connectivity index (χ4v) is 2.77. The number of phenols is 1. The Balaban J connectivity index is 3.78. The van der Waals surface area contributed by atoms with Gasteiger partial charge in [0.25, 0.3) is 0 Å². The molecule has 0 spiro atoms. The number of nitriles is 1. The van der Waals surface area contributed by atoms with E-state index < -0.39 is 9.84 Å². The molecule has 0 fully saturated rings. The maximum absolute atomic E-state index is 11.7. The summed E-state index contributed by atoms with van der Waals surface area (Å²) < 4.78 is 23.3. The molecule has 0 aliphatic heterocycles. The molecule has 4 nitrogen and oxygen atoms in total. The van der Waals surface area contributed by atoms with Crippen LogP contribution in [0.1, 0.15) is 58.2 Å². The Morgan fingerprint density at radius 3 is 1.74 bits per heavy atom. The van der Waals surface area contributed by atoms with Gasteiger partial charge < -0.3 is 5.11 Å². The minimum absolute atomic E-state index is 0.222. The second kappa shape index (κ2) is 6.01. The van der Waals surface area contributed by atoms with Crippen LogP contribution in [0.2, 0.25) is 0 Å². The van der Waals surface area contributed by atoms with Crippen LogP contribution in [-0.2, 0) is 20.7 Å². The Hall–Kier alpha value is -1.80. The summed E-state index contributed by atoms with van der Waals surface area (Å²) in [5.74, 6) is 0.222. The van der Waals surface area contributed by atoms with E-state index in [9.17, 15) is 13.5 Å². The number of phenolic OH excluding ortho intramolecular Hbond substituents is 1. The molecule has 23 heavy (non-hydrogen) atoms. The van der Waals surface area contributed by atoms with Crippen molar-refractivity contribution in [2.24, 2.45) is 0 Å². The SMILES string of the molecule is CC(C)(C)c1cc(C=C(C#N)S(C)(=O)=O)cc(C(C)(C)C)c1O. The third kappa shape index (κ3) is 4.59. The van der Waals surface area contributed by atoms with Crippen LogP contribution in [0.15, 0.2) is 17.0 Å². The summed E-state index contributed by atoms with van der Waals surface area (Å²) in [6, 6.07) is 5.22. The van der Waals surface area contributed by atoms with E-state index in [0.29, 0.717) is 5.56 Å². The zero-order valence-corrected chi connectivity index (χ0v) is 15.7. The number of sulfone groups is 1. The predicted molar refractivity (Wildman–Crippen MR) is 93.9 cm³/mol. The lowest BCUT2D eigenvalue weighted by Crippen LogP contribution is -2.17. The molecule has 1 aromatic rings. The Morgan fingerprint density at radius 2 is 1.48 bits per heavy atom. The van der Waals surface area contributed by atoms with E-state index in [0.717, 1.165) is 17.4 Å². The van der Waals surface area contributed by atoms with Gasteiger partial charge in [0, 0.05) is 17.4 Å². The summed E-state index contributed by atoms with van der Waals surface area (Å²) in [5.41, 5.74) is 1.42. The molecule has 1 aromatic carbocycles. The van der Waals surface area contributed by atoms with Crippen molar-refractivity contribution >= 4 is 15.9 Å². The van der Waals surface area contributed by atoms with Gasteiger partial charge in [0.05, 0.1) is 0 Å². The molecule has 0 aliphatic rings. The van der Waals surface area contributed by atoms with Crippen LogP contribution < -0.4 is 0 Å². The van der Waals surface area contributed by atoms with E-state index >= 15 is 0 Å². The summed E-state index contributed by atoms with van der Waals surface area (Å²) in [7, 11) is -3.58. The predicted octanol–water partition coefficient (Wildman–Crippen LogP) is 3.90. The maximum atomic E-state index is 11.7. The zero-order chi connectivity index (χ0) is 18.2. The zero-order valence-electron chi connectivity index (χ0n) is 14.9. The molecular formula is C18H25NO3S. The van der Waals surface area contributed by atoms with Gasteiger partial charge in [-0.3, -0.25) is 0 Å². The molecule has 0 saturated heterocycles. The van der Waals surface area contributed by atoms with Crippen LogP contribution in [0.5, 0.6) is 5.75 Å². The van der Waals surface area contributed by atoms with Gasteiger partial charge in [0.1, 0.15) is 16.7 Å². The molecule has 1 N–H and O–H groups in total. The van der Waals surface area contributed by atoms with Crippen molar-refractivity contribution in [3.63, 3.8) is 0 Å². The van der Waals surface area contributed by atoms with Crippen LogP contribution in [0, 0.1) is 11.3 Å². The van der Waals surface area contributed by atoms with Gasteiger partial charge in [-0.2, -0.15) is 5.26 Å². The van der Waals surface area contributed by atoms with Crippen LogP contribution >= 0.6 is 0 Å². The number of benzene rings is 1. The molecule has 0 amide bonds. The van der Waals surface area contributed by atoms with E-state index in [1.807, 2.05) is 41.5 Å². The molecule has 0 aliphatic carbocycles. The van der Waals surface area contributed by atoms with E-state index in [1.54, 1.807) is 18.2 Å². The van der Waals surface area contributed by atoms with Crippen molar-refractivity contribution < 1.29 is 13.5 Å². The number of nitrogens with zero attached hydrogens (tertiary/aromatic N) is 1. The van der Waals surface area contributed by atoms with Gasteiger partial charge in [-0.05, 0) is 34.6 Å². The van der Waals surface area contributed by atoms with Crippen molar-refractivity contribution in [3.8, 4) is 11.8 Å². The minimum Gasteiger partial charge on any atom is -0.507 e. The number of hydrogen-bond donors (Lipinski definition) is 1. The normalized spacial score (nSPS) is 13.7. The maximum Gasteiger partial charge on any atom is 0.185 e. The first-order chi connectivity index (χ1) is 10.2. The third-order valence-electron chi connectivity index (χ3n) is 3.56. The van der Waals surface area contributed by atoms with Crippen LogP contribution in [0.25, 0.3) is 6.08 Å². The van der Waals surface area contributed by atoms with Crippen molar-refractivity contribution in [3.05, 3.63) is 33.7 Å². The molecule has 0 atom stereocenters. The van der Waals surface area contributed by atoms with Crippen molar-refractivity contribution in [1.82, 2.24) is 0 Å². The molecule has 0 aromatic heterocycles. The highest BCUT2D eigenvalue weighted by Gasteiger charge is 2.26. The number of rotatable bonds is 2. The summed E-state index contributed by atoms with van der Waals surface area (Å²) in [6.45, 7) is 11.9. The lowest BCUT2D eigenvalue weighted by atomic mass is 9.78. The summed E-state index contributed by atoms with van der Waals surface area (Å²) in [5, 5.41) is 19.7. The summed E-state index contributed by atoms with van der Waals surface area (Å²) >= 11 is 0. The first kappa shape index (κ1) is 19.2. The van der Waals surface area contributed by atoms with E-state index in [1.165, 1.54) is 6.08 Å². The largest absolute Gasteiger partial charge is 0.507 e. The van der Waals surface area contributed by atoms with Crippen LogP contribution in [0.3, 0.4) is 0 Å². The number of hydrogen-bond acceptors (Lipinski definition) is 4. The van der Waals surface area contributed by atoms with E-state index in [2.05, 4.69) is 0 Å². The first-order valence-corrected chi connectivity index (χ1v) is 9.27. The second-order valence-electron chi connectivity index (χ2n) is 7.86. The quantitative estimate of drug-likeness (QED) is 0.832. The Bertz CT molecular complexity index is 748. The number of aromatic hydroxyl groups is 1. The summed E-state index contributed by atoms with van der Waals surface area (Å²) in [6.07, 6.45) is 2.37. The summed E-state index contributed by atoms with van der Waals surface area (Å²) in [4.78, 5) is -0.289. The minimum atomic E-state index is -3.58. The topological polar surface area (TPSA) is 78.2 Å². The Morgan fingerprint density at radius 1 is 1.09 bits per heavy atom. The highest BCUT2D eigenvalue weighted by atomic mass is 32.2. The van der Waals surface area contributed by atoms with Crippen LogP contribution in [0.4, 0.5) is 0 Å². The standard InChI is InChI=1S/C18H25NO3S/c1-17(2,3)14-9-12(8-13(11-19)23(7,21)22)10-15(16(14)20)18(4,5)6/h8-10,20H,1-7H3. The van der Waals surface area contributed by atoms with Crippen molar-refractivity contribution in [2.45, 2.75) is 52.4 Å². The molecule has 5 heteroatoms. The fraction of sp³-hybridized carbons (Fsp3) is 0.500. The fourth-order valence-electron chi connectivity index (χ4n) is 2.26. The second-order valence-corrected chi connectivity index (χ2v) is 9.84. The molecular weight excluding hydrogens is 310 g/mol. The third-order valence-corrected chi connectivity index (χ3v) is 4.56. The average molecular weight is 335 g/mol. The molecule has 0 unspecified atom stereocenters. The van der Waals surface area contributed by atoms with Gasteiger partial charge in [-0.15, -0.1) is 0 Å².